The number of nitrogens with one attached hydrogen (secondary N) is 1. The van der Waals surface area contributed by atoms with Gasteiger partial charge in [-0.2, -0.15) is 0 Å². The zero-order chi connectivity index (χ0) is 8.32. The molecule has 0 aliphatic carbocycles. The maximum atomic E-state index is 3.43. The van der Waals surface area contributed by atoms with Crippen molar-refractivity contribution in [1.82, 2.24) is 5.32 Å². The van der Waals surface area contributed by atoms with E-state index in [1.54, 1.807) is 0 Å². The van der Waals surface area contributed by atoms with Crippen LogP contribution in [0.15, 0.2) is 36.2 Å². The minimum Gasteiger partial charge on any atom is -0.368 e. The van der Waals surface area contributed by atoms with E-state index in [4.69, 9.17) is 0 Å². The van der Waals surface area contributed by atoms with Crippen LogP contribution in [0.1, 0.15) is 0 Å². The molecule has 1 N–H and O–H groups in total. The molecule has 0 spiro atoms. The molecule has 0 fully saturated rings. The summed E-state index contributed by atoms with van der Waals surface area (Å²) in [6, 6.07) is 0. The SMILES string of the molecule is [Si]C([Si])([Si])C=C1C=CNC=C1. The number of dihydropyridines is 1. The lowest BCUT2D eigenvalue weighted by Crippen LogP contribution is -2.10. The molecule has 1 aliphatic heterocycles. The molecular formula is C7H6NSi3. The van der Waals surface area contributed by atoms with Gasteiger partial charge in [0, 0.05) is 43.1 Å². The van der Waals surface area contributed by atoms with Crippen molar-refractivity contribution in [2.45, 2.75) is 4.28 Å². The van der Waals surface area contributed by atoms with E-state index in [0.717, 1.165) is 5.57 Å². The molecule has 1 rings (SSSR count). The molecule has 9 radical (unpaired) electrons. The minimum atomic E-state index is -0.318. The number of hydrogen-bond donors (Lipinski definition) is 1. The Morgan fingerprint density at radius 2 is 1.73 bits per heavy atom. The van der Waals surface area contributed by atoms with E-state index >= 15 is 0 Å². The molecule has 11 heavy (non-hydrogen) atoms. The van der Waals surface area contributed by atoms with Gasteiger partial charge in [0.05, 0.1) is 0 Å². The van der Waals surface area contributed by atoms with Crippen LogP contribution in [0.25, 0.3) is 0 Å². The van der Waals surface area contributed by atoms with E-state index in [1.165, 1.54) is 0 Å². The van der Waals surface area contributed by atoms with Crippen molar-refractivity contribution in [3.8, 4) is 0 Å². The molecular weight excluding hydrogens is 182 g/mol. The highest BCUT2D eigenvalue weighted by atomic mass is 28.3. The Bertz CT molecular complexity index is 208. The fourth-order valence-corrected chi connectivity index (χ4v) is 1.25. The molecule has 1 aliphatic rings. The fraction of sp³-hybridized carbons (Fsp3) is 0.143. The van der Waals surface area contributed by atoms with Crippen molar-refractivity contribution in [3.05, 3.63) is 36.2 Å². The molecule has 1 nitrogen and oxygen atoms in total. The standard InChI is InChI=1S/C7H6NSi3/c9-7(10,11)5-6-1-3-8-4-2-6/h1-5,8H. The smallest absolute Gasteiger partial charge is 0.0268 e. The summed E-state index contributed by atoms with van der Waals surface area (Å²) in [7, 11) is 10.3. The summed E-state index contributed by atoms with van der Waals surface area (Å²) in [5.74, 6) is 0. The van der Waals surface area contributed by atoms with Crippen molar-refractivity contribution >= 4 is 30.7 Å². The summed E-state index contributed by atoms with van der Waals surface area (Å²) in [4.78, 5) is 0. The second-order valence-corrected chi connectivity index (χ2v) is 6.15. The summed E-state index contributed by atoms with van der Waals surface area (Å²) in [5, 5.41) is 2.95. The Kier molecular flexibility index (Phi) is 2.69. The molecule has 1 heterocycles. The van der Waals surface area contributed by atoms with E-state index in [9.17, 15) is 0 Å². The van der Waals surface area contributed by atoms with Gasteiger partial charge in [-0.1, -0.05) is 6.08 Å². The highest BCUT2D eigenvalue weighted by Gasteiger charge is 2.07. The Morgan fingerprint density at radius 1 is 1.18 bits per heavy atom. The van der Waals surface area contributed by atoms with Crippen LogP contribution >= 0.6 is 0 Å². The third-order valence-corrected chi connectivity index (χ3v) is 1.56. The van der Waals surface area contributed by atoms with Gasteiger partial charge in [-0.05, 0) is 22.0 Å². The fourth-order valence-electron chi connectivity index (χ4n) is 0.746. The van der Waals surface area contributed by atoms with Gasteiger partial charge in [-0.15, -0.1) is 0 Å². The summed E-state index contributed by atoms with van der Waals surface area (Å²) < 4.78 is -0.318. The van der Waals surface area contributed by atoms with Crippen LogP contribution in [0.2, 0.25) is 4.28 Å². The first-order chi connectivity index (χ1) is 5.08. The number of hydrogen-bond acceptors (Lipinski definition) is 1. The molecule has 51 valence electrons. The quantitative estimate of drug-likeness (QED) is 0.577. The van der Waals surface area contributed by atoms with Gasteiger partial charge in [0.1, 0.15) is 0 Å². The molecule has 0 saturated carbocycles. The first-order valence-electron chi connectivity index (χ1n) is 3.15. The van der Waals surface area contributed by atoms with Crippen molar-refractivity contribution in [3.63, 3.8) is 0 Å². The molecule has 0 unspecified atom stereocenters. The zero-order valence-corrected chi connectivity index (χ0v) is 8.89. The van der Waals surface area contributed by atoms with E-state index < -0.39 is 0 Å². The van der Waals surface area contributed by atoms with Gasteiger partial charge in [0.25, 0.3) is 0 Å². The second kappa shape index (κ2) is 3.38. The normalized spacial score (nSPS) is 16.5. The molecule has 0 amide bonds. The number of allylic oxidation sites excluding steroid dienone is 4. The molecule has 0 aromatic carbocycles. The Hall–Kier alpha value is -0.329. The van der Waals surface area contributed by atoms with Crippen molar-refractivity contribution in [2.75, 3.05) is 0 Å². The topological polar surface area (TPSA) is 12.0 Å². The van der Waals surface area contributed by atoms with Crippen molar-refractivity contribution < 1.29 is 0 Å². The predicted molar refractivity (Wildman–Crippen MR) is 49.5 cm³/mol. The Morgan fingerprint density at radius 3 is 2.18 bits per heavy atom. The lowest BCUT2D eigenvalue weighted by atomic mass is 10.2. The van der Waals surface area contributed by atoms with Crippen LogP contribution < -0.4 is 5.32 Å². The first kappa shape index (κ1) is 8.76. The lowest BCUT2D eigenvalue weighted by Gasteiger charge is -2.13. The van der Waals surface area contributed by atoms with Crippen LogP contribution in [-0.4, -0.2) is 30.7 Å². The first-order valence-corrected chi connectivity index (χ1v) is 4.65. The van der Waals surface area contributed by atoms with Gasteiger partial charge in [-0.25, -0.2) is 0 Å². The maximum absolute atomic E-state index is 3.43. The summed E-state index contributed by atoms with van der Waals surface area (Å²) >= 11 is 0. The third kappa shape index (κ3) is 3.54. The maximum Gasteiger partial charge on any atom is 0.0268 e. The zero-order valence-electron chi connectivity index (χ0n) is 5.89. The van der Waals surface area contributed by atoms with Crippen LogP contribution in [0.3, 0.4) is 0 Å². The van der Waals surface area contributed by atoms with E-state index in [-0.39, 0.29) is 4.28 Å². The molecule has 0 aromatic rings. The summed E-state index contributed by atoms with van der Waals surface area (Å²) in [6.07, 6.45) is 9.71. The average Bonchev–Trinajstić information content (AvgIpc) is 1.85. The predicted octanol–water partition coefficient (Wildman–Crippen LogP) is 0.123. The average molecular weight is 188 g/mol. The van der Waals surface area contributed by atoms with Gasteiger partial charge >= 0.3 is 0 Å². The van der Waals surface area contributed by atoms with Gasteiger partial charge in [-0.3, -0.25) is 0 Å². The Labute approximate surface area is 76.9 Å². The third-order valence-electron chi connectivity index (χ3n) is 1.13. The highest BCUT2D eigenvalue weighted by Crippen LogP contribution is 2.16. The Balaban J connectivity index is 2.73. The summed E-state index contributed by atoms with van der Waals surface area (Å²) in [5.41, 5.74) is 1.13. The van der Waals surface area contributed by atoms with Crippen LogP contribution in [-0.2, 0) is 0 Å². The highest BCUT2D eigenvalue weighted by molar-refractivity contribution is 6.60. The van der Waals surface area contributed by atoms with E-state index in [0.29, 0.717) is 0 Å². The molecule has 0 aromatic heterocycles. The number of rotatable bonds is 1. The van der Waals surface area contributed by atoms with Crippen molar-refractivity contribution in [2.24, 2.45) is 0 Å². The molecule has 0 bridgehead atoms. The van der Waals surface area contributed by atoms with Gasteiger partial charge in [0.2, 0.25) is 0 Å². The van der Waals surface area contributed by atoms with Crippen LogP contribution in [0.4, 0.5) is 0 Å². The van der Waals surface area contributed by atoms with Crippen LogP contribution in [0.5, 0.6) is 0 Å². The largest absolute Gasteiger partial charge is 0.368 e. The monoisotopic (exact) mass is 188 g/mol. The molecule has 0 atom stereocenters. The molecule has 0 saturated heterocycles. The lowest BCUT2D eigenvalue weighted by molar-refractivity contribution is 1.16. The summed E-state index contributed by atoms with van der Waals surface area (Å²) in [6.45, 7) is 0. The van der Waals surface area contributed by atoms with Gasteiger partial charge < -0.3 is 5.32 Å². The molecule has 4 heteroatoms. The second-order valence-electron chi connectivity index (χ2n) is 2.29. The van der Waals surface area contributed by atoms with Crippen molar-refractivity contribution in [1.29, 1.82) is 0 Å². The van der Waals surface area contributed by atoms with E-state index in [2.05, 4.69) is 36.0 Å². The van der Waals surface area contributed by atoms with E-state index in [1.807, 2.05) is 30.6 Å². The van der Waals surface area contributed by atoms with Gasteiger partial charge in [0.15, 0.2) is 0 Å². The minimum absolute atomic E-state index is 0.318. The van der Waals surface area contributed by atoms with Crippen LogP contribution in [0, 0.1) is 0 Å².